The first-order valence-corrected chi connectivity index (χ1v) is 6.23. The zero-order valence-electron chi connectivity index (χ0n) is 9.93. The molecule has 7 heteroatoms. The van der Waals surface area contributed by atoms with E-state index in [1.165, 1.54) is 12.3 Å². The standard InChI is InChI=1S/C13H8BrFN2O3/c14-9-2-1-5-16-11(9)12(18)17-7-3-4-8(13(19)20)10(15)6-7/h1-6H,(H,17,18)(H,19,20). The van der Waals surface area contributed by atoms with Crippen LogP contribution in [0.15, 0.2) is 41.0 Å². The second-order valence-corrected chi connectivity index (χ2v) is 4.64. The molecule has 0 saturated carbocycles. The summed E-state index contributed by atoms with van der Waals surface area (Å²) in [4.78, 5) is 26.5. The molecule has 2 aromatic rings. The van der Waals surface area contributed by atoms with Gasteiger partial charge in [-0.25, -0.2) is 14.2 Å². The molecule has 0 atom stereocenters. The summed E-state index contributed by atoms with van der Waals surface area (Å²) in [6, 6.07) is 6.64. The second kappa shape index (κ2) is 5.79. The number of aromatic nitrogens is 1. The van der Waals surface area contributed by atoms with Gasteiger partial charge >= 0.3 is 5.97 Å². The lowest BCUT2D eigenvalue weighted by Crippen LogP contribution is -2.14. The summed E-state index contributed by atoms with van der Waals surface area (Å²) in [6.45, 7) is 0. The van der Waals surface area contributed by atoms with Crippen molar-refractivity contribution in [3.8, 4) is 0 Å². The van der Waals surface area contributed by atoms with Crippen LogP contribution < -0.4 is 5.32 Å². The highest BCUT2D eigenvalue weighted by Crippen LogP contribution is 2.18. The number of hydrogen-bond donors (Lipinski definition) is 2. The Balaban J connectivity index is 2.23. The molecule has 0 saturated heterocycles. The molecular formula is C13H8BrFN2O3. The number of anilines is 1. The molecule has 1 amide bonds. The molecule has 102 valence electrons. The summed E-state index contributed by atoms with van der Waals surface area (Å²) < 4.78 is 14.0. The molecule has 2 N–H and O–H groups in total. The lowest BCUT2D eigenvalue weighted by molar-refractivity contribution is 0.0692. The Hall–Kier alpha value is -2.28. The van der Waals surface area contributed by atoms with Gasteiger partial charge < -0.3 is 10.4 Å². The number of amides is 1. The molecule has 1 heterocycles. The monoisotopic (exact) mass is 338 g/mol. The van der Waals surface area contributed by atoms with Crippen LogP contribution in [-0.2, 0) is 0 Å². The fourth-order valence-electron chi connectivity index (χ4n) is 1.51. The first-order valence-electron chi connectivity index (χ1n) is 5.44. The molecule has 1 aromatic heterocycles. The van der Waals surface area contributed by atoms with Crippen molar-refractivity contribution < 1.29 is 19.1 Å². The van der Waals surface area contributed by atoms with E-state index in [9.17, 15) is 14.0 Å². The van der Waals surface area contributed by atoms with E-state index < -0.39 is 23.3 Å². The highest BCUT2D eigenvalue weighted by atomic mass is 79.9. The smallest absolute Gasteiger partial charge is 0.338 e. The highest BCUT2D eigenvalue weighted by Gasteiger charge is 2.14. The summed E-state index contributed by atoms with van der Waals surface area (Å²) in [7, 11) is 0. The Morgan fingerprint density at radius 3 is 2.65 bits per heavy atom. The SMILES string of the molecule is O=C(O)c1ccc(NC(=O)c2ncccc2Br)cc1F. The van der Waals surface area contributed by atoms with Crippen molar-refractivity contribution >= 4 is 33.5 Å². The number of nitrogens with zero attached hydrogens (tertiary/aromatic N) is 1. The number of aromatic carboxylic acids is 1. The normalized spacial score (nSPS) is 10.1. The summed E-state index contributed by atoms with van der Waals surface area (Å²) in [5.41, 5.74) is -0.160. The topological polar surface area (TPSA) is 79.3 Å². The molecule has 20 heavy (non-hydrogen) atoms. The van der Waals surface area contributed by atoms with E-state index in [0.717, 1.165) is 12.1 Å². The van der Waals surface area contributed by atoms with E-state index in [4.69, 9.17) is 5.11 Å². The van der Waals surface area contributed by atoms with Crippen LogP contribution >= 0.6 is 15.9 Å². The molecular weight excluding hydrogens is 331 g/mol. The van der Waals surface area contributed by atoms with Crippen LogP contribution in [0, 0.1) is 5.82 Å². The average molecular weight is 339 g/mol. The van der Waals surface area contributed by atoms with Gasteiger partial charge in [-0.3, -0.25) is 4.79 Å². The first-order chi connectivity index (χ1) is 9.49. The van der Waals surface area contributed by atoms with Gasteiger partial charge in [0.15, 0.2) is 0 Å². The number of carboxylic acid groups (broad SMARTS) is 1. The minimum absolute atomic E-state index is 0.148. The number of hydrogen-bond acceptors (Lipinski definition) is 3. The van der Waals surface area contributed by atoms with Crippen molar-refractivity contribution in [2.75, 3.05) is 5.32 Å². The van der Waals surface area contributed by atoms with Gasteiger partial charge in [0, 0.05) is 16.4 Å². The molecule has 0 aliphatic heterocycles. The fourth-order valence-corrected chi connectivity index (χ4v) is 1.94. The third-order valence-electron chi connectivity index (χ3n) is 2.43. The summed E-state index contributed by atoms with van der Waals surface area (Å²) in [5.74, 6) is -2.82. The van der Waals surface area contributed by atoms with E-state index >= 15 is 0 Å². The van der Waals surface area contributed by atoms with Crippen molar-refractivity contribution in [1.29, 1.82) is 0 Å². The van der Waals surface area contributed by atoms with E-state index in [2.05, 4.69) is 26.2 Å². The van der Waals surface area contributed by atoms with Gasteiger partial charge in [-0.1, -0.05) is 0 Å². The Bertz CT molecular complexity index is 691. The molecule has 5 nitrogen and oxygen atoms in total. The largest absolute Gasteiger partial charge is 0.478 e. The van der Waals surface area contributed by atoms with Crippen LogP contribution in [0.25, 0.3) is 0 Å². The summed E-state index contributed by atoms with van der Waals surface area (Å²) in [6.07, 6.45) is 1.45. The van der Waals surface area contributed by atoms with Crippen LogP contribution in [0.1, 0.15) is 20.8 Å². The van der Waals surface area contributed by atoms with Crippen molar-refractivity contribution in [3.05, 3.63) is 58.1 Å². The lowest BCUT2D eigenvalue weighted by Gasteiger charge is -2.07. The Kier molecular flexibility index (Phi) is 4.09. The minimum Gasteiger partial charge on any atom is -0.478 e. The number of halogens is 2. The number of pyridine rings is 1. The molecule has 0 bridgehead atoms. The van der Waals surface area contributed by atoms with E-state index in [1.807, 2.05) is 0 Å². The molecule has 0 aliphatic rings. The number of carbonyl (C=O) groups is 2. The van der Waals surface area contributed by atoms with Crippen LogP contribution in [0.4, 0.5) is 10.1 Å². The van der Waals surface area contributed by atoms with Crippen LogP contribution in [0.5, 0.6) is 0 Å². The number of nitrogens with one attached hydrogen (secondary N) is 1. The number of carboxylic acids is 1. The van der Waals surface area contributed by atoms with Gasteiger partial charge in [-0.2, -0.15) is 0 Å². The van der Waals surface area contributed by atoms with Gasteiger partial charge in [0.25, 0.3) is 5.91 Å². The maximum Gasteiger partial charge on any atom is 0.338 e. The van der Waals surface area contributed by atoms with E-state index in [0.29, 0.717) is 4.47 Å². The zero-order valence-corrected chi connectivity index (χ0v) is 11.5. The predicted molar refractivity (Wildman–Crippen MR) is 73.2 cm³/mol. The molecule has 0 radical (unpaired) electrons. The highest BCUT2D eigenvalue weighted by molar-refractivity contribution is 9.10. The van der Waals surface area contributed by atoms with Gasteiger partial charge in [0.05, 0.1) is 5.56 Å². The van der Waals surface area contributed by atoms with Crippen LogP contribution in [0.3, 0.4) is 0 Å². The molecule has 0 unspecified atom stereocenters. The predicted octanol–water partition coefficient (Wildman–Crippen LogP) is 2.93. The minimum atomic E-state index is -1.37. The molecule has 2 rings (SSSR count). The van der Waals surface area contributed by atoms with Crippen molar-refractivity contribution in [3.63, 3.8) is 0 Å². The Morgan fingerprint density at radius 2 is 2.05 bits per heavy atom. The van der Waals surface area contributed by atoms with Crippen molar-refractivity contribution in [1.82, 2.24) is 4.98 Å². The summed E-state index contributed by atoms with van der Waals surface area (Å²) in [5, 5.41) is 11.2. The lowest BCUT2D eigenvalue weighted by atomic mass is 10.2. The van der Waals surface area contributed by atoms with Gasteiger partial charge in [-0.15, -0.1) is 0 Å². The quantitative estimate of drug-likeness (QED) is 0.901. The second-order valence-electron chi connectivity index (χ2n) is 3.79. The third kappa shape index (κ3) is 3.00. The van der Waals surface area contributed by atoms with Gasteiger partial charge in [0.1, 0.15) is 11.5 Å². The zero-order chi connectivity index (χ0) is 14.7. The van der Waals surface area contributed by atoms with Gasteiger partial charge in [-0.05, 0) is 46.3 Å². The third-order valence-corrected chi connectivity index (χ3v) is 3.07. The average Bonchev–Trinajstić information content (AvgIpc) is 2.38. The number of rotatable bonds is 3. The number of benzene rings is 1. The fraction of sp³-hybridized carbons (Fsp3) is 0. The van der Waals surface area contributed by atoms with E-state index in [1.54, 1.807) is 12.1 Å². The summed E-state index contributed by atoms with van der Waals surface area (Å²) >= 11 is 3.18. The maximum absolute atomic E-state index is 13.5. The van der Waals surface area contributed by atoms with E-state index in [-0.39, 0.29) is 11.4 Å². The van der Waals surface area contributed by atoms with Crippen molar-refractivity contribution in [2.45, 2.75) is 0 Å². The van der Waals surface area contributed by atoms with Crippen LogP contribution in [0.2, 0.25) is 0 Å². The first kappa shape index (κ1) is 14.1. The van der Waals surface area contributed by atoms with Gasteiger partial charge in [0.2, 0.25) is 0 Å². The van der Waals surface area contributed by atoms with Crippen LogP contribution in [-0.4, -0.2) is 22.0 Å². The molecule has 0 aliphatic carbocycles. The molecule has 0 fully saturated rings. The molecule has 1 aromatic carbocycles. The maximum atomic E-state index is 13.5. The van der Waals surface area contributed by atoms with Crippen molar-refractivity contribution in [2.24, 2.45) is 0 Å². The number of carbonyl (C=O) groups excluding carboxylic acids is 1. The Morgan fingerprint density at radius 1 is 1.30 bits per heavy atom. The molecule has 0 spiro atoms. The Labute approximate surface area is 121 Å².